The molecule has 0 saturated carbocycles. The van der Waals surface area contributed by atoms with Gasteiger partial charge in [0.25, 0.3) is 0 Å². The molecular weight excluding hydrogens is 394 g/mol. The zero-order valence-corrected chi connectivity index (χ0v) is 17.4. The van der Waals surface area contributed by atoms with Crippen molar-refractivity contribution in [1.82, 2.24) is 0 Å². The molecule has 1 aromatic rings. The van der Waals surface area contributed by atoms with Crippen LogP contribution in [0, 0.1) is 0 Å². The molecule has 0 spiro atoms. The maximum atomic E-state index is 10.8. The van der Waals surface area contributed by atoms with Crippen molar-refractivity contribution in [3.8, 4) is 5.75 Å². The van der Waals surface area contributed by atoms with Gasteiger partial charge in [-0.2, -0.15) is 0 Å². The molecule has 0 fully saturated rings. The van der Waals surface area contributed by atoms with E-state index in [4.69, 9.17) is 38.9 Å². The first-order chi connectivity index (χ1) is 14.7. The predicted octanol–water partition coefficient (Wildman–Crippen LogP) is 1.46. The van der Waals surface area contributed by atoms with E-state index in [2.05, 4.69) is 6.58 Å². The Morgan fingerprint density at radius 1 is 0.733 bits per heavy atom. The molecule has 0 heterocycles. The number of carbonyl (C=O) groups is 1. The first-order valence-corrected chi connectivity index (χ1v) is 9.89. The summed E-state index contributed by atoms with van der Waals surface area (Å²) in [7, 11) is 0. The standard InChI is InChI=1S/C21H33NO8/c1-2-21(23)30-18-16-28-14-12-26-10-8-24-7-9-25-11-13-27-15-17-29-20-6-4-3-5-19(20)22/h2-6H,1,7-18,22H2. The lowest BCUT2D eigenvalue weighted by atomic mass is 10.3. The zero-order chi connectivity index (χ0) is 21.7. The number of anilines is 1. The fourth-order valence-electron chi connectivity index (χ4n) is 2.06. The molecule has 9 nitrogen and oxygen atoms in total. The van der Waals surface area contributed by atoms with E-state index in [1.54, 1.807) is 6.07 Å². The lowest BCUT2D eigenvalue weighted by Gasteiger charge is -2.09. The molecule has 9 heteroatoms. The monoisotopic (exact) mass is 427 g/mol. The van der Waals surface area contributed by atoms with Gasteiger partial charge < -0.3 is 38.9 Å². The molecule has 1 aromatic carbocycles. The Hall–Kier alpha value is -2.17. The van der Waals surface area contributed by atoms with Crippen molar-refractivity contribution in [2.75, 3.05) is 85.0 Å². The number of hydrogen-bond acceptors (Lipinski definition) is 9. The molecule has 0 radical (unpaired) electrons. The first-order valence-electron chi connectivity index (χ1n) is 9.89. The highest BCUT2D eigenvalue weighted by molar-refractivity contribution is 5.81. The van der Waals surface area contributed by atoms with Gasteiger partial charge in [0.1, 0.15) is 19.0 Å². The van der Waals surface area contributed by atoms with Crippen molar-refractivity contribution in [2.24, 2.45) is 0 Å². The minimum Gasteiger partial charge on any atom is -0.489 e. The van der Waals surface area contributed by atoms with Crippen LogP contribution in [0.1, 0.15) is 0 Å². The highest BCUT2D eigenvalue weighted by Gasteiger charge is 1.98. The molecule has 1 rings (SSSR count). The van der Waals surface area contributed by atoms with Gasteiger partial charge in [-0.1, -0.05) is 18.7 Å². The van der Waals surface area contributed by atoms with Gasteiger partial charge in [-0.15, -0.1) is 0 Å². The number of carbonyl (C=O) groups excluding carboxylic acids is 1. The molecular formula is C21H33NO8. The van der Waals surface area contributed by atoms with E-state index >= 15 is 0 Å². The average molecular weight is 427 g/mol. The summed E-state index contributed by atoms with van der Waals surface area (Å²) in [5.74, 6) is 0.209. The molecule has 0 aliphatic heterocycles. The largest absolute Gasteiger partial charge is 0.489 e. The topological polar surface area (TPSA) is 108 Å². The number of nitrogen functional groups attached to an aromatic ring is 1. The average Bonchev–Trinajstić information content (AvgIpc) is 2.76. The molecule has 0 aromatic heterocycles. The van der Waals surface area contributed by atoms with Crippen molar-refractivity contribution >= 4 is 11.7 Å². The van der Waals surface area contributed by atoms with E-state index in [9.17, 15) is 4.79 Å². The quantitative estimate of drug-likeness (QED) is 0.143. The van der Waals surface area contributed by atoms with Crippen molar-refractivity contribution in [3.05, 3.63) is 36.9 Å². The highest BCUT2D eigenvalue weighted by atomic mass is 16.6. The number of para-hydroxylation sites is 2. The Balaban J connectivity index is 1.72. The Labute approximate surface area is 178 Å². The van der Waals surface area contributed by atoms with Gasteiger partial charge in [-0.05, 0) is 12.1 Å². The second-order valence-electron chi connectivity index (χ2n) is 5.82. The van der Waals surface area contributed by atoms with Gasteiger partial charge >= 0.3 is 5.97 Å². The molecule has 0 unspecified atom stereocenters. The number of hydrogen-bond donors (Lipinski definition) is 1. The van der Waals surface area contributed by atoms with Gasteiger partial charge in [-0.3, -0.25) is 0 Å². The third-order valence-corrected chi connectivity index (χ3v) is 3.53. The van der Waals surface area contributed by atoms with Crippen LogP contribution in [-0.4, -0.2) is 85.3 Å². The molecule has 0 aliphatic rings. The van der Waals surface area contributed by atoms with Gasteiger partial charge in [0.05, 0.1) is 71.8 Å². The van der Waals surface area contributed by atoms with Crippen LogP contribution in [0.15, 0.2) is 36.9 Å². The Kier molecular flexibility index (Phi) is 16.2. The van der Waals surface area contributed by atoms with E-state index in [1.165, 1.54) is 0 Å². The molecule has 30 heavy (non-hydrogen) atoms. The summed E-state index contributed by atoms with van der Waals surface area (Å²) >= 11 is 0. The van der Waals surface area contributed by atoms with Gasteiger partial charge in [0.15, 0.2) is 0 Å². The SMILES string of the molecule is C=CC(=O)OCCOCCOCCOCCOCCOCCOc1ccccc1N. The van der Waals surface area contributed by atoms with Crippen LogP contribution in [0.4, 0.5) is 5.69 Å². The summed E-state index contributed by atoms with van der Waals surface area (Å²) in [4.78, 5) is 10.8. The van der Waals surface area contributed by atoms with Gasteiger partial charge in [0, 0.05) is 6.08 Å². The highest BCUT2D eigenvalue weighted by Crippen LogP contribution is 2.19. The summed E-state index contributed by atoms with van der Waals surface area (Å²) in [6.07, 6.45) is 1.11. The Morgan fingerprint density at radius 2 is 1.17 bits per heavy atom. The van der Waals surface area contributed by atoms with Crippen LogP contribution in [0.5, 0.6) is 5.75 Å². The second kappa shape index (κ2) is 18.8. The number of rotatable bonds is 20. The Morgan fingerprint density at radius 3 is 1.63 bits per heavy atom. The van der Waals surface area contributed by atoms with Crippen LogP contribution >= 0.6 is 0 Å². The van der Waals surface area contributed by atoms with Crippen LogP contribution < -0.4 is 10.5 Å². The minimum absolute atomic E-state index is 0.204. The van der Waals surface area contributed by atoms with Gasteiger partial charge in [-0.25, -0.2) is 4.79 Å². The summed E-state index contributed by atoms with van der Waals surface area (Å²) in [6, 6.07) is 7.35. The van der Waals surface area contributed by atoms with E-state index in [0.29, 0.717) is 84.1 Å². The number of benzene rings is 1. The normalized spacial score (nSPS) is 10.7. The van der Waals surface area contributed by atoms with Crippen molar-refractivity contribution in [3.63, 3.8) is 0 Å². The smallest absolute Gasteiger partial charge is 0.330 e. The van der Waals surface area contributed by atoms with Crippen LogP contribution in [0.25, 0.3) is 0 Å². The summed E-state index contributed by atoms with van der Waals surface area (Å²) in [5.41, 5.74) is 6.40. The molecule has 0 amide bonds. The van der Waals surface area contributed by atoms with Crippen LogP contribution in [-0.2, 0) is 33.2 Å². The third-order valence-electron chi connectivity index (χ3n) is 3.53. The van der Waals surface area contributed by atoms with Crippen LogP contribution in [0.3, 0.4) is 0 Å². The number of esters is 1. The lowest BCUT2D eigenvalue weighted by Crippen LogP contribution is -2.15. The summed E-state index contributed by atoms with van der Waals surface area (Å²) < 4.78 is 37.1. The summed E-state index contributed by atoms with van der Waals surface area (Å²) in [6.45, 7) is 8.54. The Bertz CT molecular complexity index is 570. The third kappa shape index (κ3) is 14.8. The number of nitrogens with two attached hydrogens (primary N) is 1. The van der Waals surface area contributed by atoms with Crippen molar-refractivity contribution in [2.45, 2.75) is 0 Å². The maximum absolute atomic E-state index is 10.8. The second-order valence-corrected chi connectivity index (χ2v) is 5.82. The molecule has 0 saturated heterocycles. The minimum atomic E-state index is -0.456. The lowest BCUT2D eigenvalue weighted by molar-refractivity contribution is -0.139. The van der Waals surface area contributed by atoms with E-state index in [1.807, 2.05) is 18.2 Å². The molecule has 2 N–H and O–H groups in total. The summed E-state index contributed by atoms with van der Waals surface area (Å²) in [5, 5.41) is 0. The molecule has 170 valence electrons. The van der Waals surface area contributed by atoms with E-state index in [0.717, 1.165) is 6.08 Å². The van der Waals surface area contributed by atoms with Crippen molar-refractivity contribution in [1.29, 1.82) is 0 Å². The van der Waals surface area contributed by atoms with Crippen LogP contribution in [0.2, 0.25) is 0 Å². The van der Waals surface area contributed by atoms with E-state index in [-0.39, 0.29) is 6.61 Å². The van der Waals surface area contributed by atoms with E-state index < -0.39 is 5.97 Å². The first kappa shape index (κ1) is 25.9. The molecule has 0 atom stereocenters. The molecule has 0 aliphatic carbocycles. The predicted molar refractivity (Wildman–Crippen MR) is 112 cm³/mol. The van der Waals surface area contributed by atoms with Gasteiger partial charge in [0.2, 0.25) is 0 Å². The molecule has 0 bridgehead atoms. The fraction of sp³-hybridized carbons (Fsp3) is 0.571. The fourth-order valence-corrected chi connectivity index (χ4v) is 2.06. The maximum Gasteiger partial charge on any atom is 0.330 e. The van der Waals surface area contributed by atoms with Crippen molar-refractivity contribution < 1.29 is 38.0 Å². The zero-order valence-electron chi connectivity index (χ0n) is 17.4. The number of ether oxygens (including phenoxy) is 7.